The Hall–Kier alpha value is -1.72. The van der Waals surface area contributed by atoms with E-state index in [0.717, 1.165) is 10.2 Å². The van der Waals surface area contributed by atoms with Crippen LogP contribution in [0, 0.1) is 0 Å². The highest BCUT2D eigenvalue weighted by molar-refractivity contribution is 9.10. The van der Waals surface area contributed by atoms with E-state index in [1.54, 1.807) is 44.4 Å². The molecule has 0 saturated heterocycles. The first-order valence-corrected chi connectivity index (χ1v) is 7.39. The molecule has 1 amide bonds. The van der Waals surface area contributed by atoms with Gasteiger partial charge in [-0.15, -0.1) is 0 Å². The van der Waals surface area contributed by atoms with E-state index < -0.39 is 0 Å². The number of halogens is 2. The average Bonchev–Trinajstić information content (AvgIpc) is 2.42. The molecule has 3 N–H and O–H groups in total. The second-order valence-corrected chi connectivity index (χ2v) is 6.04. The lowest BCUT2D eigenvalue weighted by molar-refractivity contribution is 0.0828. The monoisotopic (exact) mass is 367 g/mol. The summed E-state index contributed by atoms with van der Waals surface area (Å²) in [5, 5.41) is 3.80. The van der Waals surface area contributed by atoms with Gasteiger partial charge in [0, 0.05) is 29.3 Å². The van der Waals surface area contributed by atoms with Gasteiger partial charge in [-0.1, -0.05) is 11.6 Å². The van der Waals surface area contributed by atoms with Crippen molar-refractivity contribution in [1.29, 1.82) is 0 Å². The van der Waals surface area contributed by atoms with Crippen LogP contribution in [0.1, 0.15) is 10.4 Å². The van der Waals surface area contributed by atoms with Crippen molar-refractivity contribution in [3.63, 3.8) is 0 Å². The molecule has 2 aromatic carbocycles. The van der Waals surface area contributed by atoms with Gasteiger partial charge in [-0.05, 0) is 52.3 Å². The highest BCUT2D eigenvalue weighted by Gasteiger charge is 2.14. The van der Waals surface area contributed by atoms with Crippen LogP contribution in [-0.4, -0.2) is 24.9 Å². The molecule has 0 heterocycles. The minimum absolute atomic E-state index is 0.101. The van der Waals surface area contributed by atoms with Crippen LogP contribution in [0.4, 0.5) is 17.1 Å². The van der Waals surface area contributed by atoms with E-state index in [2.05, 4.69) is 21.2 Å². The van der Waals surface area contributed by atoms with Crippen LogP contribution in [0.5, 0.6) is 0 Å². The molecule has 4 nitrogen and oxygen atoms in total. The second kappa shape index (κ2) is 6.37. The zero-order chi connectivity index (χ0) is 15.6. The standard InChI is InChI=1S/C15H15BrClN3O/c1-20(2)15(21)11-5-4-10(18)8-13(11)19-14-7-9(17)3-6-12(14)16/h3-8,19H,18H2,1-2H3. The summed E-state index contributed by atoms with van der Waals surface area (Å²) in [6.45, 7) is 0. The molecule has 0 aliphatic carbocycles. The molecule has 0 aliphatic heterocycles. The highest BCUT2D eigenvalue weighted by Crippen LogP contribution is 2.31. The van der Waals surface area contributed by atoms with Crippen molar-refractivity contribution >= 4 is 50.5 Å². The molecule has 0 aliphatic rings. The molecule has 0 aromatic heterocycles. The fraction of sp³-hybridized carbons (Fsp3) is 0.133. The summed E-state index contributed by atoms with van der Waals surface area (Å²) in [5.74, 6) is -0.101. The number of nitrogens with zero attached hydrogens (tertiary/aromatic N) is 1. The van der Waals surface area contributed by atoms with Gasteiger partial charge in [0.1, 0.15) is 0 Å². The molecule has 6 heteroatoms. The third kappa shape index (κ3) is 3.68. The number of carbonyl (C=O) groups is 1. The summed E-state index contributed by atoms with van der Waals surface area (Å²) < 4.78 is 0.845. The van der Waals surface area contributed by atoms with Crippen molar-refractivity contribution < 1.29 is 4.79 Å². The van der Waals surface area contributed by atoms with Crippen molar-refractivity contribution in [3.8, 4) is 0 Å². The molecule has 0 atom stereocenters. The summed E-state index contributed by atoms with van der Waals surface area (Å²) >= 11 is 9.46. The van der Waals surface area contributed by atoms with Crippen molar-refractivity contribution in [2.45, 2.75) is 0 Å². The lowest BCUT2D eigenvalue weighted by Crippen LogP contribution is -2.22. The van der Waals surface area contributed by atoms with Crippen LogP contribution in [-0.2, 0) is 0 Å². The fourth-order valence-electron chi connectivity index (χ4n) is 1.83. The van der Waals surface area contributed by atoms with Crippen molar-refractivity contribution in [2.75, 3.05) is 25.1 Å². The van der Waals surface area contributed by atoms with Gasteiger partial charge < -0.3 is 16.0 Å². The number of rotatable bonds is 3. The number of anilines is 3. The summed E-state index contributed by atoms with van der Waals surface area (Å²) in [4.78, 5) is 13.7. The van der Waals surface area contributed by atoms with Gasteiger partial charge in [0.15, 0.2) is 0 Å². The molecule has 0 unspecified atom stereocenters. The zero-order valence-corrected chi connectivity index (χ0v) is 14.0. The van der Waals surface area contributed by atoms with Crippen LogP contribution in [0.25, 0.3) is 0 Å². The number of carbonyl (C=O) groups excluding carboxylic acids is 1. The number of hydrogen-bond acceptors (Lipinski definition) is 3. The van der Waals surface area contributed by atoms with Crippen molar-refractivity contribution in [3.05, 3.63) is 51.5 Å². The molecule has 0 bridgehead atoms. The van der Waals surface area contributed by atoms with Crippen LogP contribution < -0.4 is 11.1 Å². The molecular formula is C15H15BrClN3O. The number of nitrogens with two attached hydrogens (primary N) is 1. The Bertz CT molecular complexity index is 689. The third-order valence-corrected chi connectivity index (χ3v) is 3.80. The number of nitrogen functional groups attached to an aromatic ring is 1. The van der Waals surface area contributed by atoms with E-state index in [1.165, 1.54) is 4.90 Å². The maximum atomic E-state index is 12.2. The first-order valence-electron chi connectivity index (χ1n) is 6.21. The van der Waals surface area contributed by atoms with E-state index in [-0.39, 0.29) is 5.91 Å². The maximum Gasteiger partial charge on any atom is 0.255 e. The van der Waals surface area contributed by atoms with Gasteiger partial charge in [0.05, 0.1) is 16.9 Å². The number of benzene rings is 2. The second-order valence-electron chi connectivity index (χ2n) is 4.75. The first kappa shape index (κ1) is 15.7. The Morgan fingerprint density at radius 2 is 1.90 bits per heavy atom. The Morgan fingerprint density at radius 1 is 1.19 bits per heavy atom. The summed E-state index contributed by atoms with van der Waals surface area (Å²) in [6, 6.07) is 10.5. The van der Waals surface area contributed by atoms with Crippen molar-refractivity contribution in [2.24, 2.45) is 0 Å². The van der Waals surface area contributed by atoms with Crippen LogP contribution in [0.2, 0.25) is 5.02 Å². The van der Waals surface area contributed by atoms with Gasteiger partial charge in [-0.25, -0.2) is 0 Å². The number of nitrogens with one attached hydrogen (secondary N) is 1. The lowest BCUT2D eigenvalue weighted by atomic mass is 10.1. The number of amides is 1. The molecule has 0 fully saturated rings. The Labute approximate surface area is 137 Å². The normalized spacial score (nSPS) is 10.3. The van der Waals surface area contributed by atoms with E-state index in [4.69, 9.17) is 17.3 Å². The molecule has 2 rings (SSSR count). The molecule has 0 radical (unpaired) electrons. The smallest absolute Gasteiger partial charge is 0.255 e. The summed E-state index contributed by atoms with van der Waals surface area (Å²) in [5.41, 5.74) is 8.34. The van der Waals surface area contributed by atoms with E-state index >= 15 is 0 Å². The maximum absolute atomic E-state index is 12.2. The van der Waals surface area contributed by atoms with E-state index in [9.17, 15) is 4.79 Å². The van der Waals surface area contributed by atoms with Gasteiger partial charge in [-0.2, -0.15) is 0 Å². The third-order valence-electron chi connectivity index (χ3n) is 2.88. The van der Waals surface area contributed by atoms with Crippen LogP contribution >= 0.6 is 27.5 Å². The number of hydrogen-bond donors (Lipinski definition) is 2. The average molecular weight is 369 g/mol. The Balaban J connectivity index is 2.45. The van der Waals surface area contributed by atoms with Gasteiger partial charge in [-0.3, -0.25) is 4.79 Å². The summed E-state index contributed by atoms with van der Waals surface area (Å²) in [6.07, 6.45) is 0. The minimum atomic E-state index is -0.101. The zero-order valence-electron chi connectivity index (χ0n) is 11.7. The molecular weight excluding hydrogens is 354 g/mol. The molecule has 110 valence electrons. The van der Waals surface area contributed by atoms with Crippen molar-refractivity contribution in [1.82, 2.24) is 4.90 Å². The van der Waals surface area contributed by atoms with Gasteiger partial charge >= 0.3 is 0 Å². The Kier molecular flexibility index (Phi) is 4.75. The molecule has 2 aromatic rings. The Morgan fingerprint density at radius 3 is 2.57 bits per heavy atom. The van der Waals surface area contributed by atoms with Crippen LogP contribution in [0.3, 0.4) is 0 Å². The topological polar surface area (TPSA) is 58.4 Å². The highest BCUT2D eigenvalue weighted by atomic mass is 79.9. The largest absolute Gasteiger partial charge is 0.399 e. The lowest BCUT2D eigenvalue weighted by Gasteiger charge is -2.17. The minimum Gasteiger partial charge on any atom is -0.399 e. The SMILES string of the molecule is CN(C)C(=O)c1ccc(N)cc1Nc1cc(Cl)ccc1Br. The van der Waals surface area contributed by atoms with Gasteiger partial charge in [0.25, 0.3) is 5.91 Å². The van der Waals surface area contributed by atoms with Crippen LogP contribution in [0.15, 0.2) is 40.9 Å². The summed E-state index contributed by atoms with van der Waals surface area (Å²) in [7, 11) is 3.41. The molecule has 0 spiro atoms. The molecule has 21 heavy (non-hydrogen) atoms. The predicted molar refractivity (Wildman–Crippen MR) is 91.3 cm³/mol. The quantitative estimate of drug-likeness (QED) is 0.801. The predicted octanol–water partition coefficient (Wildman–Crippen LogP) is 4.13. The fourth-order valence-corrected chi connectivity index (χ4v) is 2.35. The molecule has 0 saturated carbocycles. The van der Waals surface area contributed by atoms with E-state index in [1.807, 2.05) is 6.07 Å². The first-order chi connectivity index (χ1) is 9.88. The van der Waals surface area contributed by atoms with Gasteiger partial charge in [0.2, 0.25) is 0 Å². The van der Waals surface area contributed by atoms with E-state index in [0.29, 0.717) is 22.0 Å².